The quantitative estimate of drug-likeness (QED) is 0.556. The maximum absolute atomic E-state index is 8.64. The van der Waals surface area contributed by atoms with Crippen molar-refractivity contribution in [3.05, 3.63) is 52.2 Å². The zero-order valence-corrected chi connectivity index (χ0v) is 15.3. The monoisotopic (exact) mass is 378 g/mol. The topological polar surface area (TPSA) is 53.5 Å². The Hall–Kier alpha value is -0.820. The molecule has 0 spiro atoms. The van der Waals surface area contributed by atoms with E-state index in [0.29, 0.717) is 13.2 Å². The van der Waals surface area contributed by atoms with Crippen molar-refractivity contribution in [3.8, 4) is 5.75 Å². The van der Waals surface area contributed by atoms with E-state index < -0.39 is 0 Å². The minimum absolute atomic E-state index is 0. The molecule has 0 atom stereocenters. The molecule has 0 radical (unpaired) electrons. The van der Waals surface area contributed by atoms with E-state index in [1.165, 1.54) is 10.4 Å². The molecular formula is C16H24Cl2N2O2S. The lowest BCUT2D eigenvalue weighted by Crippen LogP contribution is -2.28. The first kappa shape index (κ1) is 22.2. The van der Waals surface area contributed by atoms with Crippen LogP contribution in [0, 0.1) is 0 Å². The smallest absolute Gasteiger partial charge is 0.122 e. The molecule has 2 aromatic rings. The Morgan fingerprint density at radius 1 is 0.957 bits per heavy atom. The Kier molecular flexibility index (Phi) is 13.1. The van der Waals surface area contributed by atoms with Gasteiger partial charge < -0.3 is 20.5 Å². The Labute approximate surface area is 154 Å². The van der Waals surface area contributed by atoms with Gasteiger partial charge in [-0.2, -0.15) is 0 Å². The Morgan fingerprint density at radius 2 is 1.70 bits per heavy atom. The minimum Gasteiger partial charge on any atom is -0.488 e. The third-order valence-electron chi connectivity index (χ3n) is 2.98. The van der Waals surface area contributed by atoms with Crippen LogP contribution >= 0.6 is 36.2 Å². The number of thiophene rings is 1. The highest BCUT2D eigenvalue weighted by Gasteiger charge is 1.98. The molecule has 0 bridgehead atoms. The molecule has 2 rings (SSSR count). The number of halogens is 2. The Bertz CT molecular complexity index is 495. The number of rotatable bonds is 10. The second-order valence-corrected chi connectivity index (χ2v) is 5.69. The fourth-order valence-corrected chi connectivity index (χ4v) is 2.48. The second kappa shape index (κ2) is 13.6. The van der Waals surface area contributed by atoms with E-state index in [0.717, 1.165) is 25.4 Å². The highest BCUT2D eigenvalue weighted by atomic mass is 35.5. The summed E-state index contributed by atoms with van der Waals surface area (Å²) in [6, 6.07) is 12.3. The highest BCUT2D eigenvalue weighted by Crippen LogP contribution is 2.16. The maximum atomic E-state index is 8.64. The van der Waals surface area contributed by atoms with Crippen molar-refractivity contribution in [2.45, 2.75) is 13.2 Å². The van der Waals surface area contributed by atoms with Gasteiger partial charge in [0, 0.05) is 31.1 Å². The van der Waals surface area contributed by atoms with Crippen LogP contribution in [-0.2, 0) is 13.2 Å². The fraction of sp³-hybridized carbons (Fsp3) is 0.375. The van der Waals surface area contributed by atoms with Gasteiger partial charge in [-0.1, -0.05) is 18.2 Å². The number of hydrogen-bond donors (Lipinski definition) is 3. The van der Waals surface area contributed by atoms with Crippen molar-refractivity contribution < 1.29 is 9.84 Å². The van der Waals surface area contributed by atoms with Crippen molar-refractivity contribution in [1.29, 1.82) is 0 Å². The van der Waals surface area contributed by atoms with Crippen molar-refractivity contribution in [2.75, 3.05) is 26.2 Å². The predicted molar refractivity (Wildman–Crippen MR) is 101 cm³/mol. The number of benzene rings is 1. The molecule has 1 aromatic carbocycles. The second-order valence-electron chi connectivity index (χ2n) is 4.66. The van der Waals surface area contributed by atoms with E-state index in [1.807, 2.05) is 18.2 Å². The van der Waals surface area contributed by atoms with Gasteiger partial charge in [0.25, 0.3) is 0 Å². The normalized spacial score (nSPS) is 9.78. The molecule has 0 amide bonds. The van der Waals surface area contributed by atoms with Crippen molar-refractivity contribution >= 4 is 36.2 Å². The van der Waals surface area contributed by atoms with Gasteiger partial charge in [-0.05, 0) is 29.1 Å². The molecule has 1 aromatic heterocycles. The van der Waals surface area contributed by atoms with Gasteiger partial charge >= 0.3 is 0 Å². The van der Waals surface area contributed by atoms with Crippen LogP contribution in [0.5, 0.6) is 5.75 Å². The van der Waals surface area contributed by atoms with Crippen LogP contribution < -0.4 is 15.4 Å². The zero-order valence-electron chi connectivity index (χ0n) is 12.9. The largest absolute Gasteiger partial charge is 0.488 e. The minimum atomic E-state index is 0. The van der Waals surface area contributed by atoms with Crippen LogP contribution in [0.1, 0.15) is 10.4 Å². The summed E-state index contributed by atoms with van der Waals surface area (Å²) in [7, 11) is 0. The summed E-state index contributed by atoms with van der Waals surface area (Å²) in [6.45, 7) is 4.06. The fourth-order valence-electron chi connectivity index (χ4n) is 1.87. The molecule has 0 fully saturated rings. The maximum Gasteiger partial charge on any atom is 0.122 e. The first-order chi connectivity index (χ1) is 10.4. The highest BCUT2D eigenvalue weighted by molar-refractivity contribution is 7.09. The van der Waals surface area contributed by atoms with Gasteiger partial charge in [0.05, 0.1) is 6.61 Å². The Morgan fingerprint density at radius 3 is 2.35 bits per heavy atom. The van der Waals surface area contributed by atoms with E-state index in [2.05, 4.69) is 34.2 Å². The summed E-state index contributed by atoms with van der Waals surface area (Å²) in [5.41, 5.74) is 1.24. The summed E-state index contributed by atoms with van der Waals surface area (Å²) in [6.07, 6.45) is 0. The third kappa shape index (κ3) is 9.15. The zero-order chi connectivity index (χ0) is 14.8. The number of aliphatic hydroxyl groups excluding tert-OH is 1. The summed E-state index contributed by atoms with van der Waals surface area (Å²) < 4.78 is 5.73. The average molecular weight is 379 g/mol. The van der Waals surface area contributed by atoms with Gasteiger partial charge in [0.2, 0.25) is 0 Å². The number of nitrogens with one attached hydrogen (secondary N) is 2. The number of hydrogen-bond acceptors (Lipinski definition) is 5. The Balaban J connectivity index is 0.00000242. The molecule has 130 valence electrons. The van der Waals surface area contributed by atoms with Crippen molar-refractivity contribution in [2.24, 2.45) is 0 Å². The molecule has 0 aliphatic rings. The molecule has 0 saturated heterocycles. The van der Waals surface area contributed by atoms with E-state index in [9.17, 15) is 0 Å². The van der Waals surface area contributed by atoms with Crippen molar-refractivity contribution in [1.82, 2.24) is 10.6 Å². The average Bonchev–Trinajstić information content (AvgIpc) is 3.03. The lowest BCUT2D eigenvalue weighted by molar-refractivity contribution is 0.292. The van der Waals surface area contributed by atoms with Gasteiger partial charge in [-0.25, -0.2) is 0 Å². The molecule has 0 unspecified atom stereocenters. The molecule has 1 heterocycles. The van der Waals surface area contributed by atoms with E-state index in [-0.39, 0.29) is 31.4 Å². The molecule has 7 heteroatoms. The molecule has 0 aliphatic carbocycles. The standard InChI is InChI=1S/C16H22N2O2S.2ClH/c19-10-9-17-7-8-18-12-14-3-5-15(6-4-14)20-13-16-2-1-11-21-16;;/h1-6,11,17-19H,7-10,12-13H2;2*1H. The molecular weight excluding hydrogens is 355 g/mol. The van der Waals surface area contributed by atoms with Gasteiger partial charge in [-0.15, -0.1) is 36.2 Å². The lowest BCUT2D eigenvalue weighted by atomic mass is 10.2. The van der Waals surface area contributed by atoms with E-state index >= 15 is 0 Å². The van der Waals surface area contributed by atoms with Gasteiger partial charge in [0.1, 0.15) is 12.4 Å². The van der Waals surface area contributed by atoms with Crippen LogP contribution in [0.25, 0.3) is 0 Å². The van der Waals surface area contributed by atoms with Gasteiger partial charge in [0.15, 0.2) is 0 Å². The van der Waals surface area contributed by atoms with Crippen LogP contribution in [0.4, 0.5) is 0 Å². The molecule has 0 aliphatic heterocycles. The van der Waals surface area contributed by atoms with Crippen LogP contribution in [0.15, 0.2) is 41.8 Å². The van der Waals surface area contributed by atoms with Crippen LogP contribution in [-0.4, -0.2) is 31.3 Å². The molecule has 0 saturated carbocycles. The summed E-state index contributed by atoms with van der Waals surface area (Å²) in [5, 5.41) is 17.2. The predicted octanol–water partition coefficient (Wildman–Crippen LogP) is 2.84. The summed E-state index contributed by atoms with van der Waals surface area (Å²) >= 11 is 1.71. The van der Waals surface area contributed by atoms with E-state index in [1.54, 1.807) is 11.3 Å². The van der Waals surface area contributed by atoms with E-state index in [4.69, 9.17) is 9.84 Å². The third-order valence-corrected chi connectivity index (χ3v) is 3.83. The number of ether oxygens (including phenoxy) is 1. The SMILES string of the molecule is Cl.Cl.OCCNCCNCc1ccc(OCc2cccs2)cc1. The van der Waals surface area contributed by atoms with Crippen LogP contribution in [0.3, 0.4) is 0 Å². The lowest BCUT2D eigenvalue weighted by Gasteiger charge is -2.08. The molecule has 3 N–H and O–H groups in total. The summed E-state index contributed by atoms with van der Waals surface area (Å²) in [4.78, 5) is 1.23. The first-order valence-electron chi connectivity index (χ1n) is 7.15. The molecule has 23 heavy (non-hydrogen) atoms. The summed E-state index contributed by atoms with van der Waals surface area (Å²) in [5.74, 6) is 0.900. The van der Waals surface area contributed by atoms with Crippen LogP contribution in [0.2, 0.25) is 0 Å². The van der Waals surface area contributed by atoms with Crippen molar-refractivity contribution in [3.63, 3.8) is 0 Å². The first-order valence-corrected chi connectivity index (χ1v) is 8.03. The molecule has 4 nitrogen and oxygen atoms in total. The number of aliphatic hydroxyl groups is 1. The van der Waals surface area contributed by atoms with Gasteiger partial charge in [-0.3, -0.25) is 0 Å².